The molecule has 0 radical (unpaired) electrons. The molecule has 0 aromatic rings. The third kappa shape index (κ3) is 19.8. The Morgan fingerprint density at radius 2 is 0.778 bits per heavy atom. The summed E-state index contributed by atoms with van der Waals surface area (Å²) in [5.41, 5.74) is 0. The van der Waals surface area contributed by atoms with Crippen LogP contribution >= 0.6 is 17.0 Å². The number of halogens is 1. The third-order valence-electron chi connectivity index (χ3n) is 3.71. The molecule has 0 heterocycles. The number of hydrogen-bond acceptors (Lipinski definition) is 0. The summed E-state index contributed by atoms with van der Waals surface area (Å²) in [6.45, 7) is 2.29. The molecule has 0 aliphatic heterocycles. The zero-order valence-corrected chi connectivity index (χ0v) is 16.7. The van der Waals surface area contributed by atoms with Crippen LogP contribution in [0.4, 0.5) is 0 Å². The SMILES string of the molecule is Br.CCCCCCCCCCCCCCC[CH2][Na]. The van der Waals surface area contributed by atoms with Gasteiger partial charge in [-0.2, -0.15) is 0 Å². The zero-order chi connectivity index (χ0) is 12.6. The molecule has 0 atom stereocenters. The van der Waals surface area contributed by atoms with Crippen molar-refractivity contribution in [1.29, 1.82) is 0 Å². The molecule has 0 saturated carbocycles. The van der Waals surface area contributed by atoms with Crippen LogP contribution < -0.4 is 0 Å². The van der Waals surface area contributed by atoms with Gasteiger partial charge in [0.15, 0.2) is 0 Å². The van der Waals surface area contributed by atoms with Crippen LogP contribution in [0.3, 0.4) is 0 Å². The van der Waals surface area contributed by atoms with Crippen LogP contribution in [-0.2, 0) is 0 Å². The molecule has 2 heteroatoms. The molecule has 0 aromatic heterocycles. The first-order valence-corrected chi connectivity index (χ1v) is 9.83. The first kappa shape index (κ1) is 21.8. The van der Waals surface area contributed by atoms with E-state index in [2.05, 4.69) is 6.92 Å². The first-order valence-electron chi connectivity index (χ1n) is 8.41. The molecule has 0 N–H and O–H groups in total. The predicted octanol–water partition coefficient (Wildman–Crippen LogP) is 6.63. The van der Waals surface area contributed by atoms with Gasteiger partial charge in [0.2, 0.25) is 0 Å². The van der Waals surface area contributed by atoms with Gasteiger partial charge in [-0.3, -0.25) is 0 Å². The van der Waals surface area contributed by atoms with E-state index >= 15 is 0 Å². The molecule has 106 valence electrons. The van der Waals surface area contributed by atoms with Gasteiger partial charge in [0.05, 0.1) is 0 Å². The first-order chi connectivity index (χ1) is 8.41. The van der Waals surface area contributed by atoms with Crippen LogP contribution in [-0.4, -0.2) is 27.9 Å². The average Bonchev–Trinajstić information content (AvgIpc) is 2.35. The van der Waals surface area contributed by atoms with Crippen molar-refractivity contribution < 1.29 is 0 Å². The molecule has 0 saturated heterocycles. The van der Waals surface area contributed by atoms with Crippen molar-refractivity contribution in [1.82, 2.24) is 0 Å². The summed E-state index contributed by atoms with van der Waals surface area (Å²) < 4.78 is 1.51. The van der Waals surface area contributed by atoms with Crippen LogP contribution in [0, 0.1) is 0 Å². The van der Waals surface area contributed by atoms with Crippen molar-refractivity contribution >= 4 is 44.9 Å². The average molecular weight is 329 g/mol. The van der Waals surface area contributed by atoms with Gasteiger partial charge in [-0.05, 0) is 0 Å². The van der Waals surface area contributed by atoms with Crippen molar-refractivity contribution in [2.45, 2.75) is 100 Å². The Hall–Kier alpha value is 1.48. The summed E-state index contributed by atoms with van der Waals surface area (Å²) in [4.78, 5) is 0. The Labute approximate surface area is 144 Å². The van der Waals surface area contributed by atoms with Gasteiger partial charge in [0.25, 0.3) is 0 Å². The molecule has 0 bridgehead atoms. The standard InChI is InChI=1S/C16H33.BrH.Na/c1-3-5-7-9-11-13-15-16-14-12-10-8-6-4-2;;/h1,3-16H2,2H3;1H;. The van der Waals surface area contributed by atoms with Crippen LogP contribution in [0.15, 0.2) is 0 Å². The van der Waals surface area contributed by atoms with E-state index in [1.165, 1.54) is 121 Å². The van der Waals surface area contributed by atoms with Crippen molar-refractivity contribution in [3.05, 3.63) is 0 Å². The van der Waals surface area contributed by atoms with E-state index < -0.39 is 0 Å². The van der Waals surface area contributed by atoms with Crippen molar-refractivity contribution in [2.75, 3.05) is 0 Å². The van der Waals surface area contributed by atoms with E-state index in [0.717, 1.165) is 0 Å². The fourth-order valence-corrected chi connectivity index (χ4v) is 2.94. The van der Waals surface area contributed by atoms with Gasteiger partial charge in [-0.15, -0.1) is 17.0 Å². The fraction of sp³-hybridized carbons (Fsp3) is 1.00. The minimum atomic E-state index is 0. The Kier molecular flexibility index (Phi) is 25.1. The van der Waals surface area contributed by atoms with E-state index in [9.17, 15) is 0 Å². The summed E-state index contributed by atoms with van der Waals surface area (Å²) in [6, 6.07) is 0. The summed E-state index contributed by atoms with van der Waals surface area (Å²) >= 11 is 1.41. The van der Waals surface area contributed by atoms with E-state index in [0.29, 0.717) is 0 Å². The molecule has 18 heavy (non-hydrogen) atoms. The molecule has 0 rings (SSSR count). The van der Waals surface area contributed by atoms with Crippen molar-refractivity contribution in [3.63, 3.8) is 0 Å². The van der Waals surface area contributed by atoms with Crippen molar-refractivity contribution in [3.8, 4) is 0 Å². The third-order valence-corrected chi connectivity index (χ3v) is 4.41. The van der Waals surface area contributed by atoms with E-state index in [4.69, 9.17) is 0 Å². The van der Waals surface area contributed by atoms with Crippen LogP contribution in [0.5, 0.6) is 0 Å². The van der Waals surface area contributed by atoms with E-state index in [1.54, 1.807) is 0 Å². The summed E-state index contributed by atoms with van der Waals surface area (Å²) in [5, 5.41) is 0. The maximum atomic E-state index is 2.29. The second-order valence-electron chi connectivity index (χ2n) is 5.60. The molecule has 0 unspecified atom stereocenters. The van der Waals surface area contributed by atoms with Gasteiger partial charge >= 0.3 is 102 Å². The van der Waals surface area contributed by atoms with Crippen molar-refractivity contribution in [2.24, 2.45) is 0 Å². The van der Waals surface area contributed by atoms with Gasteiger partial charge in [-0.1, -0.05) is 26.2 Å². The Morgan fingerprint density at radius 1 is 0.500 bits per heavy atom. The molecule has 0 nitrogen and oxygen atoms in total. The van der Waals surface area contributed by atoms with Crippen LogP contribution in [0.1, 0.15) is 96.8 Å². The van der Waals surface area contributed by atoms with Crippen LogP contribution in [0.25, 0.3) is 0 Å². The Bertz CT molecular complexity index is 114. The van der Waals surface area contributed by atoms with Gasteiger partial charge in [0.1, 0.15) is 0 Å². The second kappa shape index (κ2) is 20.8. The fourth-order valence-electron chi connectivity index (χ4n) is 2.44. The summed E-state index contributed by atoms with van der Waals surface area (Å²) in [7, 11) is 0. The molecule has 0 aliphatic rings. The molecule has 0 aliphatic carbocycles. The van der Waals surface area contributed by atoms with Gasteiger partial charge in [-0.25, -0.2) is 0 Å². The van der Waals surface area contributed by atoms with E-state index in [1.807, 2.05) is 0 Å². The molecule has 0 spiro atoms. The van der Waals surface area contributed by atoms with E-state index in [-0.39, 0.29) is 17.0 Å². The molecule has 0 aromatic carbocycles. The van der Waals surface area contributed by atoms with Crippen LogP contribution in [0.2, 0.25) is 3.67 Å². The number of hydrogen-bond donors (Lipinski definition) is 0. The molecular formula is C16H34BrNa. The monoisotopic (exact) mass is 328 g/mol. The zero-order valence-electron chi connectivity index (χ0n) is 13.0. The molecule has 0 amide bonds. The Morgan fingerprint density at radius 3 is 1.06 bits per heavy atom. The normalized spacial score (nSPS) is 10.4. The number of unbranched alkanes of at least 4 members (excludes halogenated alkanes) is 13. The summed E-state index contributed by atoms with van der Waals surface area (Å²) in [6.07, 6.45) is 20.7. The Balaban J connectivity index is 0. The number of rotatable bonds is 14. The quantitative estimate of drug-likeness (QED) is 0.248. The molecule has 0 fully saturated rings. The maximum absolute atomic E-state index is 2.29. The second-order valence-corrected chi connectivity index (χ2v) is 6.60. The predicted molar refractivity (Wildman–Crippen MR) is 91.2 cm³/mol. The minimum absolute atomic E-state index is 0. The topological polar surface area (TPSA) is 0 Å². The van der Waals surface area contributed by atoms with Gasteiger partial charge in [0, 0.05) is 0 Å². The van der Waals surface area contributed by atoms with Gasteiger partial charge < -0.3 is 0 Å². The molecular weight excluding hydrogens is 295 g/mol. The summed E-state index contributed by atoms with van der Waals surface area (Å²) in [5.74, 6) is 0.